The molecule has 0 rings (SSSR count). The van der Waals surface area contributed by atoms with Crippen LogP contribution in [0.25, 0.3) is 0 Å². The predicted molar refractivity (Wildman–Crippen MR) is 77.8 cm³/mol. The second kappa shape index (κ2) is 6.71. The molecule has 0 heterocycles. The Morgan fingerprint density at radius 2 is 1.82 bits per heavy atom. The van der Waals surface area contributed by atoms with Crippen molar-refractivity contribution in [2.75, 3.05) is 6.61 Å². The molecule has 0 aliphatic heterocycles. The Bertz CT molecular complexity index is 241. The lowest BCUT2D eigenvalue weighted by molar-refractivity contribution is 0.141. The van der Waals surface area contributed by atoms with Crippen molar-refractivity contribution in [3.8, 4) is 0 Å². The van der Waals surface area contributed by atoms with Crippen LogP contribution in [-0.2, 0) is 4.43 Å². The molecule has 0 unspecified atom stereocenters. The molecule has 0 radical (unpaired) electrons. The predicted octanol–water partition coefficient (Wildman–Crippen LogP) is 3.97. The Hall–Kier alpha value is -0.123. The van der Waals surface area contributed by atoms with Crippen molar-refractivity contribution in [1.82, 2.24) is 0 Å². The third-order valence-electron chi connectivity index (χ3n) is 3.79. The van der Waals surface area contributed by atoms with E-state index in [1.165, 1.54) is 0 Å². The molecule has 0 saturated carbocycles. The molecule has 0 aliphatic carbocycles. The highest BCUT2D eigenvalue weighted by atomic mass is 28.4. The minimum absolute atomic E-state index is 0.112. The molecule has 0 fully saturated rings. The Kier molecular flexibility index (Phi) is 6.67. The maximum atomic E-state index is 8.81. The van der Waals surface area contributed by atoms with E-state index in [0.29, 0.717) is 5.92 Å². The van der Waals surface area contributed by atoms with Crippen molar-refractivity contribution in [2.45, 2.75) is 65.3 Å². The Morgan fingerprint density at radius 1 is 1.29 bits per heavy atom. The fourth-order valence-corrected chi connectivity index (χ4v) is 3.01. The molecule has 102 valence electrons. The second-order valence-corrected chi connectivity index (χ2v) is 11.1. The summed E-state index contributed by atoms with van der Waals surface area (Å²) >= 11 is 0. The van der Waals surface area contributed by atoms with Crippen LogP contribution in [0.2, 0.25) is 18.1 Å². The van der Waals surface area contributed by atoms with Crippen molar-refractivity contribution in [3.05, 3.63) is 12.2 Å². The lowest BCUT2D eigenvalue weighted by Crippen LogP contribution is -2.45. The average Bonchev–Trinajstić information content (AvgIpc) is 2.20. The third-order valence-corrected chi connectivity index (χ3v) is 8.29. The van der Waals surface area contributed by atoms with Gasteiger partial charge in [-0.05, 0) is 30.5 Å². The smallest absolute Gasteiger partial charge is 0.192 e. The summed E-state index contributed by atoms with van der Waals surface area (Å²) in [6.07, 6.45) is 5.14. The van der Waals surface area contributed by atoms with Crippen molar-refractivity contribution in [1.29, 1.82) is 0 Å². The molecule has 2 nitrogen and oxygen atoms in total. The Morgan fingerprint density at radius 3 is 2.18 bits per heavy atom. The summed E-state index contributed by atoms with van der Waals surface area (Å²) in [5.41, 5.74) is 0. The highest BCUT2D eigenvalue weighted by molar-refractivity contribution is 6.74. The zero-order valence-electron chi connectivity index (χ0n) is 12.6. The van der Waals surface area contributed by atoms with Crippen molar-refractivity contribution in [3.63, 3.8) is 0 Å². The quantitative estimate of drug-likeness (QED) is 0.577. The van der Waals surface area contributed by atoms with E-state index < -0.39 is 8.32 Å². The second-order valence-electron chi connectivity index (χ2n) is 6.29. The summed E-state index contributed by atoms with van der Waals surface area (Å²) in [6.45, 7) is 15.8. The molecular formula is C14H30O2Si. The van der Waals surface area contributed by atoms with Crippen LogP contribution in [0, 0.1) is 5.92 Å². The van der Waals surface area contributed by atoms with Gasteiger partial charge in [-0.25, -0.2) is 0 Å². The molecule has 3 heteroatoms. The highest BCUT2D eigenvalue weighted by Crippen LogP contribution is 2.38. The van der Waals surface area contributed by atoms with E-state index in [1.807, 2.05) is 6.08 Å². The lowest BCUT2D eigenvalue weighted by atomic mass is 10.0. The number of rotatable bonds is 6. The molecule has 17 heavy (non-hydrogen) atoms. The van der Waals surface area contributed by atoms with E-state index in [9.17, 15) is 0 Å². The highest BCUT2D eigenvalue weighted by Gasteiger charge is 2.39. The molecule has 0 amide bonds. The van der Waals surface area contributed by atoms with Gasteiger partial charge in [0.1, 0.15) is 0 Å². The SMILES string of the molecule is CC[C@@H](O[Si](C)(C)C(C)(C)C)[C@@H](C)/C=C/CO. The lowest BCUT2D eigenvalue weighted by Gasteiger charge is -2.40. The first-order valence-electron chi connectivity index (χ1n) is 6.61. The maximum absolute atomic E-state index is 8.81. The van der Waals surface area contributed by atoms with Gasteiger partial charge in [0, 0.05) is 0 Å². The van der Waals surface area contributed by atoms with Gasteiger partial charge in [-0.1, -0.05) is 46.8 Å². The molecule has 0 aliphatic rings. The van der Waals surface area contributed by atoms with Crippen LogP contribution >= 0.6 is 0 Å². The molecule has 0 bridgehead atoms. The fraction of sp³-hybridized carbons (Fsp3) is 0.857. The standard InChI is InChI=1S/C14H30O2Si/c1-8-13(12(2)10-9-11-15)16-17(6,7)14(3,4)5/h9-10,12-13,15H,8,11H2,1-7H3/b10-9+/t12-,13+/m0/s1. The average molecular weight is 258 g/mol. The Balaban J connectivity index is 4.65. The van der Waals surface area contributed by atoms with Gasteiger partial charge in [0.05, 0.1) is 12.7 Å². The maximum Gasteiger partial charge on any atom is 0.192 e. The molecule has 0 saturated heterocycles. The van der Waals surface area contributed by atoms with E-state index in [2.05, 4.69) is 53.8 Å². The van der Waals surface area contributed by atoms with Crippen LogP contribution in [0.4, 0.5) is 0 Å². The molecule has 0 aromatic carbocycles. The van der Waals surface area contributed by atoms with Gasteiger partial charge in [-0.15, -0.1) is 0 Å². The van der Waals surface area contributed by atoms with Gasteiger partial charge in [0.25, 0.3) is 0 Å². The molecule has 2 atom stereocenters. The summed E-state index contributed by atoms with van der Waals surface area (Å²) in [4.78, 5) is 0. The van der Waals surface area contributed by atoms with Crippen molar-refractivity contribution >= 4 is 8.32 Å². The topological polar surface area (TPSA) is 29.5 Å². The summed E-state index contributed by atoms with van der Waals surface area (Å²) in [5, 5.41) is 9.06. The van der Waals surface area contributed by atoms with Crippen LogP contribution in [0.1, 0.15) is 41.0 Å². The van der Waals surface area contributed by atoms with Crippen molar-refractivity contribution < 1.29 is 9.53 Å². The summed E-state index contributed by atoms with van der Waals surface area (Å²) in [5.74, 6) is 0.362. The van der Waals surface area contributed by atoms with E-state index in [1.54, 1.807) is 0 Å². The van der Waals surface area contributed by atoms with E-state index in [4.69, 9.17) is 9.53 Å². The van der Waals surface area contributed by atoms with Crippen LogP contribution in [-0.4, -0.2) is 26.1 Å². The number of hydrogen-bond acceptors (Lipinski definition) is 2. The van der Waals surface area contributed by atoms with Crippen LogP contribution in [0.3, 0.4) is 0 Å². The molecule has 0 spiro atoms. The summed E-state index contributed by atoms with van der Waals surface area (Å²) in [7, 11) is -1.69. The first-order chi connectivity index (χ1) is 7.65. The van der Waals surface area contributed by atoms with Gasteiger partial charge >= 0.3 is 0 Å². The van der Waals surface area contributed by atoms with Gasteiger partial charge in [-0.3, -0.25) is 0 Å². The zero-order chi connectivity index (χ0) is 13.7. The number of hydrogen-bond donors (Lipinski definition) is 1. The molecule has 0 aromatic heterocycles. The molecule has 1 N–H and O–H groups in total. The van der Waals surface area contributed by atoms with Gasteiger partial charge in [-0.2, -0.15) is 0 Å². The van der Waals surface area contributed by atoms with Gasteiger partial charge < -0.3 is 9.53 Å². The molecular weight excluding hydrogens is 228 g/mol. The zero-order valence-corrected chi connectivity index (χ0v) is 13.6. The van der Waals surface area contributed by atoms with Gasteiger partial charge in [0.2, 0.25) is 0 Å². The third kappa shape index (κ3) is 5.36. The van der Waals surface area contributed by atoms with E-state index in [0.717, 1.165) is 6.42 Å². The largest absolute Gasteiger partial charge is 0.413 e. The van der Waals surface area contributed by atoms with Crippen LogP contribution in [0.15, 0.2) is 12.2 Å². The first-order valence-corrected chi connectivity index (χ1v) is 9.52. The number of aliphatic hydroxyl groups excluding tert-OH is 1. The van der Waals surface area contributed by atoms with Crippen LogP contribution < -0.4 is 0 Å². The van der Waals surface area contributed by atoms with E-state index >= 15 is 0 Å². The summed E-state index contributed by atoms with van der Waals surface area (Å²) < 4.78 is 6.42. The monoisotopic (exact) mass is 258 g/mol. The van der Waals surface area contributed by atoms with Crippen LogP contribution in [0.5, 0.6) is 0 Å². The van der Waals surface area contributed by atoms with Crippen molar-refractivity contribution in [2.24, 2.45) is 5.92 Å². The molecule has 0 aromatic rings. The Labute approximate surface area is 108 Å². The number of aliphatic hydroxyl groups is 1. The summed E-state index contributed by atoms with van der Waals surface area (Å²) in [6, 6.07) is 0. The van der Waals surface area contributed by atoms with Gasteiger partial charge in [0.15, 0.2) is 8.32 Å². The first kappa shape index (κ1) is 16.9. The minimum Gasteiger partial charge on any atom is -0.413 e. The minimum atomic E-state index is -1.69. The normalized spacial score (nSPS) is 17.4. The fourth-order valence-electron chi connectivity index (χ4n) is 1.52. The van der Waals surface area contributed by atoms with E-state index in [-0.39, 0.29) is 17.7 Å².